The zero-order valence-corrected chi connectivity index (χ0v) is 17.0. The number of hydrogen-bond acceptors (Lipinski definition) is 7. The fourth-order valence-corrected chi connectivity index (χ4v) is 4.44. The lowest BCUT2D eigenvalue weighted by Crippen LogP contribution is -2.45. The standard InChI is InChI=1S/C19H25N5O3S/c1-13-11-24(12-14(2)27-13)18-10-22-19(20)17(9-21-15(3)23-18)28(25,26)16-7-5-4-6-8-16/h4-10,13-14,22H,11-12,20H2,1-3H3. The van der Waals surface area contributed by atoms with Gasteiger partial charge in [0.2, 0.25) is 9.84 Å². The number of nitrogens with two attached hydrogens (primary N) is 1. The molecule has 2 heterocycles. The van der Waals surface area contributed by atoms with Crippen molar-refractivity contribution in [1.82, 2.24) is 15.0 Å². The first-order valence-corrected chi connectivity index (χ1v) is 10.5. The number of benzene rings is 1. The molecule has 1 aromatic carbocycles. The van der Waals surface area contributed by atoms with Gasteiger partial charge in [0.25, 0.3) is 0 Å². The molecule has 3 rings (SSSR count). The van der Waals surface area contributed by atoms with Crippen molar-refractivity contribution in [3.05, 3.63) is 48.5 Å². The maximum absolute atomic E-state index is 13.0. The Kier molecular flexibility index (Phi) is 5.85. The third kappa shape index (κ3) is 4.42. The second-order valence-electron chi connectivity index (χ2n) is 6.82. The lowest BCUT2D eigenvalue weighted by molar-refractivity contribution is -0.00548. The average Bonchev–Trinajstić information content (AvgIpc) is 2.71. The van der Waals surface area contributed by atoms with Crippen LogP contribution in [0.15, 0.2) is 52.5 Å². The summed E-state index contributed by atoms with van der Waals surface area (Å²) in [5.41, 5.74) is 6.09. The number of aromatic nitrogens is 3. The summed E-state index contributed by atoms with van der Waals surface area (Å²) in [6.07, 6.45) is 2.96. The molecule has 1 fully saturated rings. The minimum atomic E-state index is -3.83. The van der Waals surface area contributed by atoms with E-state index >= 15 is 0 Å². The van der Waals surface area contributed by atoms with Crippen LogP contribution >= 0.6 is 0 Å². The summed E-state index contributed by atoms with van der Waals surface area (Å²) in [6, 6.07) is 8.12. The maximum atomic E-state index is 13.0. The van der Waals surface area contributed by atoms with Gasteiger partial charge in [0.05, 0.1) is 23.3 Å². The number of nitrogens with one attached hydrogen (secondary N) is 1. The molecule has 1 aliphatic rings. The van der Waals surface area contributed by atoms with E-state index in [9.17, 15) is 8.42 Å². The summed E-state index contributed by atoms with van der Waals surface area (Å²) >= 11 is 0. The molecule has 150 valence electrons. The third-order valence-electron chi connectivity index (χ3n) is 4.35. The van der Waals surface area contributed by atoms with Crippen molar-refractivity contribution in [2.24, 2.45) is 0 Å². The van der Waals surface area contributed by atoms with Crippen LogP contribution in [0.3, 0.4) is 0 Å². The topological polar surface area (TPSA) is 114 Å². The van der Waals surface area contributed by atoms with Gasteiger partial charge in [0.15, 0.2) is 0 Å². The molecule has 8 nitrogen and oxygen atoms in total. The third-order valence-corrected chi connectivity index (χ3v) is 6.15. The Balaban J connectivity index is 2.10. The van der Waals surface area contributed by atoms with Crippen LogP contribution in [0.5, 0.6) is 0 Å². The Morgan fingerprint density at radius 3 is 2.46 bits per heavy atom. The highest BCUT2D eigenvalue weighted by atomic mass is 32.2. The molecule has 9 heteroatoms. The van der Waals surface area contributed by atoms with Gasteiger partial charge < -0.3 is 20.4 Å². The Morgan fingerprint density at radius 1 is 1.18 bits per heavy atom. The Bertz CT molecular complexity index is 980. The van der Waals surface area contributed by atoms with Gasteiger partial charge in [0, 0.05) is 19.3 Å². The molecule has 3 N–H and O–H groups in total. The summed E-state index contributed by atoms with van der Waals surface area (Å²) in [7, 11) is -3.83. The number of hydrogen-bond donors (Lipinski definition) is 2. The van der Waals surface area contributed by atoms with Crippen LogP contribution in [0.1, 0.15) is 19.7 Å². The van der Waals surface area contributed by atoms with Crippen molar-refractivity contribution in [2.75, 3.05) is 23.7 Å². The van der Waals surface area contributed by atoms with Crippen molar-refractivity contribution in [1.29, 1.82) is 0 Å². The SMILES string of the molecule is Cc1ncc(S(=O)(=O)c2ccccc2)c(N)[nH]cc(N2CC(C)OC(C)C2)n1. The zero-order chi connectivity index (χ0) is 20.3. The first kappa shape index (κ1) is 20.1. The minimum Gasteiger partial charge on any atom is -0.384 e. The fraction of sp³-hybridized carbons (Fsp3) is 0.368. The Morgan fingerprint density at radius 2 is 1.82 bits per heavy atom. The van der Waals surface area contributed by atoms with E-state index in [4.69, 9.17) is 10.5 Å². The smallest absolute Gasteiger partial charge is 0.211 e. The summed E-state index contributed by atoms with van der Waals surface area (Å²) in [5.74, 6) is 1.04. The van der Waals surface area contributed by atoms with Gasteiger partial charge >= 0.3 is 0 Å². The quantitative estimate of drug-likeness (QED) is 0.808. The molecule has 2 unspecified atom stereocenters. The van der Waals surface area contributed by atoms with E-state index in [1.165, 1.54) is 18.3 Å². The summed E-state index contributed by atoms with van der Waals surface area (Å²) in [4.78, 5) is 13.7. The molecule has 2 aromatic rings. The molecular weight excluding hydrogens is 378 g/mol. The number of rotatable bonds is 3. The van der Waals surface area contributed by atoms with Crippen LogP contribution in [0.2, 0.25) is 0 Å². The molecule has 0 spiro atoms. The predicted molar refractivity (Wildman–Crippen MR) is 107 cm³/mol. The van der Waals surface area contributed by atoms with Gasteiger partial charge in [-0.3, -0.25) is 0 Å². The van der Waals surface area contributed by atoms with Gasteiger partial charge in [-0.05, 0) is 32.9 Å². The van der Waals surface area contributed by atoms with Crippen molar-refractivity contribution in [2.45, 2.75) is 42.8 Å². The number of sulfone groups is 1. The molecule has 1 aliphatic heterocycles. The van der Waals surface area contributed by atoms with E-state index in [-0.39, 0.29) is 27.8 Å². The van der Waals surface area contributed by atoms with Gasteiger partial charge in [-0.15, -0.1) is 0 Å². The van der Waals surface area contributed by atoms with E-state index in [1.54, 1.807) is 31.3 Å². The minimum absolute atomic E-state index is 0.00985. The largest absolute Gasteiger partial charge is 0.384 e. The zero-order valence-electron chi connectivity index (χ0n) is 16.2. The lowest BCUT2D eigenvalue weighted by Gasteiger charge is -2.35. The molecule has 0 saturated carbocycles. The van der Waals surface area contributed by atoms with Crippen LogP contribution in [-0.4, -0.2) is 48.7 Å². The highest BCUT2D eigenvalue weighted by Gasteiger charge is 2.24. The number of H-pyrrole nitrogens is 1. The molecule has 1 saturated heterocycles. The van der Waals surface area contributed by atoms with E-state index in [0.717, 1.165) is 0 Å². The van der Waals surface area contributed by atoms with Crippen LogP contribution in [0.25, 0.3) is 0 Å². The number of aromatic amines is 1. The number of nitrogen functional groups attached to an aromatic ring is 1. The molecular formula is C19H25N5O3S. The van der Waals surface area contributed by atoms with E-state index < -0.39 is 9.84 Å². The van der Waals surface area contributed by atoms with Crippen LogP contribution in [0, 0.1) is 6.92 Å². The monoisotopic (exact) mass is 403 g/mol. The molecule has 2 atom stereocenters. The fourth-order valence-electron chi connectivity index (χ4n) is 3.13. The first-order valence-electron chi connectivity index (χ1n) is 9.03. The van der Waals surface area contributed by atoms with E-state index in [1.807, 2.05) is 13.8 Å². The second kappa shape index (κ2) is 8.15. The molecule has 0 bridgehead atoms. The summed E-state index contributed by atoms with van der Waals surface area (Å²) in [6.45, 7) is 7.04. The highest BCUT2D eigenvalue weighted by Crippen LogP contribution is 2.23. The van der Waals surface area contributed by atoms with Crippen molar-refractivity contribution in [3.63, 3.8) is 0 Å². The van der Waals surface area contributed by atoms with Gasteiger partial charge in [-0.25, -0.2) is 18.4 Å². The summed E-state index contributed by atoms with van der Waals surface area (Å²) in [5, 5.41) is 0. The van der Waals surface area contributed by atoms with Crippen LogP contribution < -0.4 is 10.6 Å². The molecule has 1 aromatic heterocycles. The van der Waals surface area contributed by atoms with Gasteiger partial charge in [0.1, 0.15) is 22.4 Å². The highest BCUT2D eigenvalue weighted by molar-refractivity contribution is 7.91. The normalized spacial score (nSPS) is 19.9. The molecule has 0 radical (unpaired) electrons. The van der Waals surface area contributed by atoms with E-state index in [2.05, 4.69) is 19.9 Å². The van der Waals surface area contributed by atoms with Gasteiger partial charge in [-0.1, -0.05) is 18.2 Å². The predicted octanol–water partition coefficient (Wildman–Crippen LogP) is 2.27. The second-order valence-corrected chi connectivity index (χ2v) is 8.74. The van der Waals surface area contributed by atoms with Crippen molar-refractivity contribution >= 4 is 21.5 Å². The number of morpholine rings is 1. The number of aryl methyl sites for hydroxylation is 1. The Hall–Kier alpha value is -2.65. The number of anilines is 2. The van der Waals surface area contributed by atoms with Crippen molar-refractivity contribution < 1.29 is 13.2 Å². The number of ether oxygens (including phenoxy) is 1. The van der Waals surface area contributed by atoms with Crippen LogP contribution in [-0.2, 0) is 14.6 Å². The number of nitrogens with zero attached hydrogens (tertiary/aromatic N) is 3. The average molecular weight is 404 g/mol. The van der Waals surface area contributed by atoms with Gasteiger partial charge in [-0.2, -0.15) is 0 Å². The van der Waals surface area contributed by atoms with Crippen LogP contribution in [0.4, 0.5) is 11.6 Å². The molecule has 0 aliphatic carbocycles. The Labute approximate surface area is 165 Å². The first-order chi connectivity index (χ1) is 13.3. The maximum Gasteiger partial charge on any atom is 0.211 e. The summed E-state index contributed by atoms with van der Waals surface area (Å²) < 4.78 is 31.8. The van der Waals surface area contributed by atoms with Crippen molar-refractivity contribution in [3.8, 4) is 0 Å². The molecule has 28 heavy (non-hydrogen) atoms. The van der Waals surface area contributed by atoms with E-state index in [0.29, 0.717) is 24.7 Å². The lowest BCUT2D eigenvalue weighted by atomic mass is 10.2. The molecule has 0 amide bonds.